The Hall–Kier alpha value is -1.58. The second-order valence-corrected chi connectivity index (χ2v) is 5.43. The van der Waals surface area contributed by atoms with Gasteiger partial charge in [0.2, 0.25) is 5.91 Å². The van der Waals surface area contributed by atoms with Crippen LogP contribution in [0.3, 0.4) is 0 Å². The Morgan fingerprint density at radius 3 is 2.83 bits per heavy atom. The fourth-order valence-corrected chi connectivity index (χ4v) is 2.49. The van der Waals surface area contributed by atoms with Gasteiger partial charge in [0.1, 0.15) is 5.82 Å². The molecule has 2 heterocycles. The molecule has 3 rings (SSSR count). The first-order valence-corrected chi connectivity index (χ1v) is 6.70. The molecule has 1 N–H and O–H groups in total. The minimum absolute atomic E-state index is 0.322. The van der Waals surface area contributed by atoms with Crippen molar-refractivity contribution >= 4 is 11.7 Å². The topological polar surface area (TPSA) is 45.2 Å². The molecule has 2 fully saturated rings. The van der Waals surface area contributed by atoms with Gasteiger partial charge in [-0.1, -0.05) is 6.42 Å². The van der Waals surface area contributed by atoms with E-state index in [-0.39, 0.29) is 0 Å². The molecule has 0 aromatic carbocycles. The Bertz CT molecular complexity index is 450. The highest BCUT2D eigenvalue weighted by Crippen LogP contribution is 2.30. The van der Waals surface area contributed by atoms with Crippen LogP contribution in [0.4, 0.5) is 5.82 Å². The molecule has 18 heavy (non-hydrogen) atoms. The highest BCUT2D eigenvalue weighted by atomic mass is 16.2. The van der Waals surface area contributed by atoms with Crippen molar-refractivity contribution < 1.29 is 4.79 Å². The fraction of sp³-hybridized carbons (Fsp3) is 0.571. The van der Waals surface area contributed by atoms with E-state index in [2.05, 4.69) is 17.2 Å². The van der Waals surface area contributed by atoms with E-state index in [0.717, 1.165) is 31.7 Å². The van der Waals surface area contributed by atoms with Crippen molar-refractivity contribution in [2.24, 2.45) is 5.92 Å². The lowest BCUT2D eigenvalue weighted by molar-refractivity contribution is -0.142. The number of pyridine rings is 1. The number of hydrogen-bond acceptors (Lipinski definition) is 3. The predicted molar refractivity (Wildman–Crippen MR) is 70.3 cm³/mol. The number of carbonyl (C=O) groups excluding carboxylic acids is 1. The van der Waals surface area contributed by atoms with E-state index < -0.39 is 0 Å². The molecule has 1 aliphatic heterocycles. The monoisotopic (exact) mass is 245 g/mol. The van der Waals surface area contributed by atoms with Crippen molar-refractivity contribution in [1.82, 2.24) is 9.88 Å². The number of aryl methyl sites for hydroxylation is 1. The van der Waals surface area contributed by atoms with Gasteiger partial charge in [0.15, 0.2) is 0 Å². The zero-order valence-electron chi connectivity index (χ0n) is 10.7. The first-order chi connectivity index (χ1) is 8.72. The summed E-state index contributed by atoms with van der Waals surface area (Å²) in [6.07, 6.45) is 5.21. The van der Waals surface area contributed by atoms with Gasteiger partial charge in [-0.05, 0) is 37.5 Å². The normalized spacial score (nSPS) is 20.2. The van der Waals surface area contributed by atoms with Crippen molar-refractivity contribution in [2.75, 3.05) is 18.4 Å². The summed E-state index contributed by atoms with van der Waals surface area (Å²) in [6, 6.07) is 4.39. The van der Waals surface area contributed by atoms with Crippen molar-refractivity contribution in [3.63, 3.8) is 0 Å². The minimum Gasteiger partial charge on any atom is -0.364 e. The number of anilines is 1. The van der Waals surface area contributed by atoms with Crippen LogP contribution in [0.15, 0.2) is 18.3 Å². The molecule has 1 saturated carbocycles. The zero-order chi connectivity index (χ0) is 12.5. The number of aromatic nitrogens is 1. The van der Waals surface area contributed by atoms with Gasteiger partial charge in [-0.3, -0.25) is 4.79 Å². The van der Waals surface area contributed by atoms with Crippen molar-refractivity contribution in [3.8, 4) is 0 Å². The smallest absolute Gasteiger partial charge is 0.225 e. The summed E-state index contributed by atoms with van der Waals surface area (Å²) >= 11 is 0. The van der Waals surface area contributed by atoms with Gasteiger partial charge in [0, 0.05) is 25.2 Å². The summed E-state index contributed by atoms with van der Waals surface area (Å²) < 4.78 is 0. The highest BCUT2D eigenvalue weighted by molar-refractivity contribution is 5.80. The molecule has 0 spiro atoms. The highest BCUT2D eigenvalue weighted by Gasteiger charge is 2.36. The number of likely N-dealkylation sites (tertiary alicyclic amines) is 1. The van der Waals surface area contributed by atoms with Gasteiger partial charge in [-0.2, -0.15) is 0 Å². The van der Waals surface area contributed by atoms with Crippen LogP contribution in [0.1, 0.15) is 24.8 Å². The standard InChI is InChI=1S/C14H19N3O/c1-10-5-6-15-13(7-10)16-12-8-17(9-12)14(18)11-3-2-4-11/h5-7,11-12H,2-4,8-9H2,1H3,(H,15,16). The quantitative estimate of drug-likeness (QED) is 0.883. The summed E-state index contributed by atoms with van der Waals surface area (Å²) in [5.74, 6) is 1.59. The predicted octanol–water partition coefficient (Wildman–Crippen LogP) is 1.81. The Morgan fingerprint density at radius 1 is 1.44 bits per heavy atom. The van der Waals surface area contributed by atoms with Crippen LogP contribution in [0.25, 0.3) is 0 Å². The van der Waals surface area contributed by atoms with Gasteiger partial charge in [0.25, 0.3) is 0 Å². The molecule has 0 bridgehead atoms. The van der Waals surface area contributed by atoms with Crippen LogP contribution in [0.2, 0.25) is 0 Å². The van der Waals surface area contributed by atoms with E-state index in [1.54, 1.807) is 0 Å². The summed E-state index contributed by atoms with van der Waals surface area (Å²) in [6.45, 7) is 3.70. The van der Waals surface area contributed by atoms with Gasteiger partial charge < -0.3 is 10.2 Å². The summed E-state index contributed by atoms with van der Waals surface area (Å²) in [4.78, 5) is 18.2. The number of carbonyl (C=O) groups is 1. The van der Waals surface area contributed by atoms with E-state index in [1.165, 1.54) is 12.0 Å². The Balaban J connectivity index is 1.49. The minimum atomic E-state index is 0.322. The van der Waals surface area contributed by atoms with Crippen LogP contribution >= 0.6 is 0 Å². The maximum atomic E-state index is 11.9. The molecule has 1 aromatic rings. The molecule has 4 heteroatoms. The van der Waals surface area contributed by atoms with E-state index in [9.17, 15) is 4.79 Å². The average Bonchev–Trinajstić information content (AvgIpc) is 2.20. The molecule has 0 radical (unpaired) electrons. The largest absolute Gasteiger partial charge is 0.364 e. The molecular formula is C14H19N3O. The third kappa shape index (κ3) is 2.19. The lowest BCUT2D eigenvalue weighted by Crippen LogP contribution is -2.59. The van der Waals surface area contributed by atoms with Gasteiger partial charge in [-0.25, -0.2) is 4.98 Å². The van der Waals surface area contributed by atoms with Crippen LogP contribution in [0.5, 0.6) is 0 Å². The number of nitrogens with zero attached hydrogens (tertiary/aromatic N) is 2. The van der Waals surface area contributed by atoms with Gasteiger partial charge in [0.05, 0.1) is 6.04 Å². The molecule has 0 unspecified atom stereocenters. The van der Waals surface area contributed by atoms with Gasteiger partial charge in [-0.15, -0.1) is 0 Å². The first kappa shape index (κ1) is 11.5. The molecule has 2 aliphatic rings. The van der Waals surface area contributed by atoms with Crippen molar-refractivity contribution in [2.45, 2.75) is 32.2 Å². The van der Waals surface area contributed by atoms with E-state index in [0.29, 0.717) is 17.9 Å². The van der Waals surface area contributed by atoms with Crippen molar-refractivity contribution in [1.29, 1.82) is 0 Å². The van der Waals surface area contributed by atoms with E-state index in [1.807, 2.05) is 23.2 Å². The van der Waals surface area contributed by atoms with Crippen LogP contribution in [-0.2, 0) is 4.79 Å². The molecular weight excluding hydrogens is 226 g/mol. The number of nitrogens with one attached hydrogen (secondary N) is 1. The summed E-state index contributed by atoms with van der Waals surface area (Å²) in [5, 5.41) is 3.37. The molecule has 96 valence electrons. The molecule has 1 amide bonds. The third-order valence-corrected chi connectivity index (χ3v) is 3.92. The number of amides is 1. The number of hydrogen-bond donors (Lipinski definition) is 1. The van der Waals surface area contributed by atoms with E-state index in [4.69, 9.17) is 0 Å². The lowest BCUT2D eigenvalue weighted by atomic mass is 9.83. The summed E-state index contributed by atoms with van der Waals surface area (Å²) in [5.41, 5.74) is 1.20. The molecule has 1 saturated heterocycles. The zero-order valence-corrected chi connectivity index (χ0v) is 10.7. The maximum Gasteiger partial charge on any atom is 0.225 e. The van der Waals surface area contributed by atoms with Gasteiger partial charge >= 0.3 is 0 Å². The Kier molecular flexibility index (Phi) is 2.94. The molecule has 4 nitrogen and oxygen atoms in total. The Labute approximate surface area is 107 Å². The fourth-order valence-electron chi connectivity index (χ4n) is 2.49. The van der Waals surface area contributed by atoms with Crippen LogP contribution < -0.4 is 5.32 Å². The maximum absolute atomic E-state index is 11.9. The average molecular weight is 245 g/mol. The van der Waals surface area contributed by atoms with Crippen LogP contribution in [-0.4, -0.2) is 34.9 Å². The molecule has 0 atom stereocenters. The molecule has 1 aromatic heterocycles. The number of rotatable bonds is 3. The summed E-state index contributed by atoms with van der Waals surface area (Å²) in [7, 11) is 0. The Morgan fingerprint density at radius 2 is 2.22 bits per heavy atom. The van der Waals surface area contributed by atoms with Crippen molar-refractivity contribution in [3.05, 3.63) is 23.9 Å². The lowest BCUT2D eigenvalue weighted by Gasteiger charge is -2.43. The second-order valence-electron chi connectivity index (χ2n) is 5.43. The first-order valence-electron chi connectivity index (χ1n) is 6.70. The van der Waals surface area contributed by atoms with E-state index >= 15 is 0 Å². The SMILES string of the molecule is Cc1ccnc(NC2CN(C(=O)C3CCC3)C2)c1. The third-order valence-electron chi connectivity index (χ3n) is 3.92. The molecule has 1 aliphatic carbocycles. The van der Waals surface area contributed by atoms with Crippen LogP contribution in [0, 0.1) is 12.8 Å². The second kappa shape index (κ2) is 4.59.